The van der Waals surface area contributed by atoms with Crippen LogP contribution in [-0.4, -0.2) is 51.5 Å². The van der Waals surface area contributed by atoms with Gasteiger partial charge in [-0.15, -0.1) is 0 Å². The van der Waals surface area contributed by atoms with E-state index in [1.165, 1.54) is 4.31 Å². The molecule has 1 fully saturated rings. The second-order valence-electron chi connectivity index (χ2n) is 5.95. The molecule has 2 heterocycles. The number of carbonyl (C=O) groups excluding carboxylic acids is 1. The summed E-state index contributed by atoms with van der Waals surface area (Å²) in [7, 11) is -1.93. The van der Waals surface area contributed by atoms with E-state index in [1.807, 2.05) is 6.92 Å². The fourth-order valence-electron chi connectivity index (χ4n) is 3.11. The summed E-state index contributed by atoms with van der Waals surface area (Å²) < 4.78 is 27.0. The van der Waals surface area contributed by atoms with Gasteiger partial charge in [-0.25, -0.2) is 13.2 Å². The summed E-state index contributed by atoms with van der Waals surface area (Å²) in [6.07, 6.45) is 1.79. The monoisotopic (exact) mass is 338 g/mol. The topological polar surface area (TPSA) is 81.8 Å². The molecule has 1 atom stereocenters. The van der Waals surface area contributed by atoms with Crippen LogP contribution in [0.1, 0.15) is 19.8 Å². The summed E-state index contributed by atoms with van der Waals surface area (Å²) in [5.74, 6) is 0. The number of urea groups is 1. The summed E-state index contributed by atoms with van der Waals surface area (Å²) in [6, 6.07) is 4.64. The van der Waals surface area contributed by atoms with Gasteiger partial charge in [-0.05, 0) is 38.0 Å². The summed E-state index contributed by atoms with van der Waals surface area (Å²) in [6.45, 7) is 3.67. The second kappa shape index (κ2) is 6.01. The Kier molecular flexibility index (Phi) is 4.20. The lowest BCUT2D eigenvalue weighted by molar-refractivity contribution is 0.246. The van der Waals surface area contributed by atoms with E-state index in [9.17, 15) is 13.2 Å². The van der Waals surface area contributed by atoms with Gasteiger partial charge in [-0.2, -0.15) is 4.31 Å². The summed E-state index contributed by atoms with van der Waals surface area (Å²) in [4.78, 5) is 14.0. The maximum absolute atomic E-state index is 12.7. The van der Waals surface area contributed by atoms with Crippen LogP contribution in [0.3, 0.4) is 0 Å². The Morgan fingerprint density at radius 3 is 2.65 bits per heavy atom. The van der Waals surface area contributed by atoms with Crippen LogP contribution in [0.15, 0.2) is 23.1 Å². The van der Waals surface area contributed by atoms with Crippen LogP contribution in [0, 0.1) is 0 Å². The molecule has 0 aromatic heterocycles. The molecule has 0 bridgehead atoms. The molecule has 8 heteroatoms. The number of fused-ring (bicyclic) bond motifs is 1. The van der Waals surface area contributed by atoms with E-state index in [2.05, 4.69) is 10.6 Å². The number of hydrogen-bond donors (Lipinski definition) is 2. The predicted molar refractivity (Wildman–Crippen MR) is 89.3 cm³/mol. The molecule has 1 aromatic carbocycles. The van der Waals surface area contributed by atoms with Gasteiger partial charge in [-0.3, -0.25) is 4.90 Å². The molecule has 23 heavy (non-hydrogen) atoms. The summed E-state index contributed by atoms with van der Waals surface area (Å²) >= 11 is 0. The Balaban J connectivity index is 2.03. The molecule has 1 aromatic rings. The normalized spacial score (nSPS) is 21.7. The third kappa shape index (κ3) is 2.76. The number of nitrogens with one attached hydrogen (secondary N) is 2. The van der Waals surface area contributed by atoms with Crippen molar-refractivity contribution in [3.63, 3.8) is 0 Å². The Labute approximate surface area is 136 Å². The van der Waals surface area contributed by atoms with Gasteiger partial charge < -0.3 is 10.6 Å². The van der Waals surface area contributed by atoms with Crippen LogP contribution in [0.25, 0.3) is 0 Å². The van der Waals surface area contributed by atoms with Crippen LogP contribution >= 0.6 is 0 Å². The van der Waals surface area contributed by atoms with Gasteiger partial charge in [0, 0.05) is 26.7 Å². The first kappa shape index (κ1) is 16.1. The molecular weight excluding hydrogens is 316 g/mol. The van der Waals surface area contributed by atoms with Crippen LogP contribution in [0.5, 0.6) is 0 Å². The van der Waals surface area contributed by atoms with Gasteiger partial charge in [0.05, 0.1) is 22.3 Å². The third-order valence-electron chi connectivity index (χ3n) is 4.39. The first-order chi connectivity index (χ1) is 10.9. The average Bonchev–Trinajstić information content (AvgIpc) is 3.08. The van der Waals surface area contributed by atoms with E-state index >= 15 is 0 Å². The number of benzene rings is 1. The molecule has 126 valence electrons. The van der Waals surface area contributed by atoms with E-state index in [4.69, 9.17) is 0 Å². The largest absolute Gasteiger partial charge is 0.381 e. The standard InChI is InChI=1S/C15H22N4O3S/c1-11-10-17-13-6-5-12(9-14(13)19(11)15(20)16-2)23(21,22)18-7-3-4-8-18/h5-6,9,11,17H,3-4,7-8,10H2,1-2H3,(H,16,20). The Morgan fingerprint density at radius 2 is 2.00 bits per heavy atom. The van der Waals surface area contributed by atoms with Crippen molar-refractivity contribution in [2.24, 2.45) is 0 Å². The van der Waals surface area contributed by atoms with Gasteiger partial charge in [-0.1, -0.05) is 0 Å². The smallest absolute Gasteiger partial charge is 0.321 e. The lowest BCUT2D eigenvalue weighted by Gasteiger charge is -2.36. The first-order valence-corrected chi connectivity index (χ1v) is 9.28. The Morgan fingerprint density at radius 1 is 1.30 bits per heavy atom. The van der Waals surface area contributed by atoms with E-state index in [1.54, 1.807) is 30.1 Å². The molecule has 0 spiro atoms. The van der Waals surface area contributed by atoms with E-state index < -0.39 is 10.0 Å². The minimum Gasteiger partial charge on any atom is -0.381 e. The Bertz CT molecular complexity index is 713. The predicted octanol–water partition coefficient (Wildman–Crippen LogP) is 1.43. The van der Waals surface area contributed by atoms with Gasteiger partial charge in [0.1, 0.15) is 0 Å². The van der Waals surface area contributed by atoms with Crippen molar-refractivity contribution < 1.29 is 13.2 Å². The number of anilines is 2. The van der Waals surface area contributed by atoms with Crippen LogP contribution in [0.2, 0.25) is 0 Å². The number of carbonyl (C=O) groups is 1. The highest BCUT2D eigenvalue weighted by molar-refractivity contribution is 7.89. The van der Waals surface area contributed by atoms with Gasteiger partial charge in [0.15, 0.2) is 0 Å². The van der Waals surface area contributed by atoms with Gasteiger partial charge >= 0.3 is 6.03 Å². The zero-order valence-corrected chi connectivity index (χ0v) is 14.2. The number of hydrogen-bond acceptors (Lipinski definition) is 4. The average molecular weight is 338 g/mol. The van der Waals surface area contributed by atoms with Crippen LogP contribution < -0.4 is 15.5 Å². The highest BCUT2D eigenvalue weighted by Crippen LogP contribution is 2.35. The molecule has 3 rings (SSSR count). The fourth-order valence-corrected chi connectivity index (χ4v) is 4.65. The molecule has 0 saturated carbocycles. The van der Waals surface area contributed by atoms with Crippen molar-refractivity contribution in [1.29, 1.82) is 0 Å². The van der Waals surface area contributed by atoms with Crippen molar-refractivity contribution in [3.8, 4) is 0 Å². The summed E-state index contributed by atoms with van der Waals surface area (Å²) in [5, 5.41) is 5.86. The van der Waals surface area contributed by atoms with Crippen molar-refractivity contribution in [2.75, 3.05) is 36.9 Å². The zero-order valence-electron chi connectivity index (χ0n) is 13.4. The van der Waals surface area contributed by atoms with Crippen LogP contribution in [-0.2, 0) is 10.0 Å². The summed E-state index contributed by atoms with van der Waals surface area (Å²) in [5.41, 5.74) is 1.37. The van der Waals surface area contributed by atoms with E-state index in [-0.39, 0.29) is 17.0 Å². The van der Waals surface area contributed by atoms with Gasteiger partial charge in [0.25, 0.3) is 0 Å². The molecule has 0 aliphatic carbocycles. The minimum absolute atomic E-state index is 0.0628. The third-order valence-corrected chi connectivity index (χ3v) is 6.29. The second-order valence-corrected chi connectivity index (χ2v) is 7.88. The quantitative estimate of drug-likeness (QED) is 0.855. The van der Waals surface area contributed by atoms with E-state index in [0.717, 1.165) is 18.5 Å². The maximum Gasteiger partial charge on any atom is 0.321 e. The zero-order chi connectivity index (χ0) is 16.6. The molecular formula is C15H22N4O3S. The number of rotatable bonds is 2. The van der Waals surface area contributed by atoms with Crippen LogP contribution in [0.4, 0.5) is 16.2 Å². The highest BCUT2D eigenvalue weighted by Gasteiger charge is 2.32. The molecule has 2 N–H and O–H groups in total. The molecule has 2 aliphatic heterocycles. The molecule has 2 amide bonds. The molecule has 2 aliphatic rings. The SMILES string of the molecule is CNC(=O)N1c2cc(S(=O)(=O)N3CCCC3)ccc2NCC1C. The lowest BCUT2D eigenvalue weighted by atomic mass is 10.1. The fraction of sp³-hybridized carbons (Fsp3) is 0.533. The van der Waals surface area contributed by atoms with Gasteiger partial charge in [0.2, 0.25) is 10.0 Å². The van der Waals surface area contributed by atoms with E-state index in [0.29, 0.717) is 25.3 Å². The molecule has 7 nitrogen and oxygen atoms in total. The molecule has 1 unspecified atom stereocenters. The van der Waals surface area contributed by atoms with Crippen molar-refractivity contribution in [3.05, 3.63) is 18.2 Å². The first-order valence-electron chi connectivity index (χ1n) is 7.84. The number of sulfonamides is 1. The molecule has 1 saturated heterocycles. The maximum atomic E-state index is 12.7. The number of amides is 2. The minimum atomic E-state index is -3.50. The highest BCUT2D eigenvalue weighted by atomic mass is 32.2. The molecule has 0 radical (unpaired) electrons. The van der Waals surface area contributed by atoms with Crippen molar-refractivity contribution in [1.82, 2.24) is 9.62 Å². The Hall–Kier alpha value is -1.80. The van der Waals surface area contributed by atoms with Crippen molar-refractivity contribution in [2.45, 2.75) is 30.7 Å². The number of nitrogens with zero attached hydrogens (tertiary/aromatic N) is 2. The lowest BCUT2D eigenvalue weighted by Crippen LogP contribution is -2.49. The van der Waals surface area contributed by atoms with Crippen molar-refractivity contribution >= 4 is 27.4 Å².